The summed E-state index contributed by atoms with van der Waals surface area (Å²) in [6, 6.07) is 9.54. The van der Waals surface area contributed by atoms with E-state index in [1.54, 1.807) is 18.8 Å². The van der Waals surface area contributed by atoms with Crippen LogP contribution in [0.3, 0.4) is 0 Å². The summed E-state index contributed by atoms with van der Waals surface area (Å²) >= 11 is 2.81. The molecule has 2 aromatic rings. The maximum atomic E-state index is 12.4. The van der Waals surface area contributed by atoms with Gasteiger partial charge in [-0.1, -0.05) is 49.0 Å². The topological polar surface area (TPSA) is 61.2 Å². The highest BCUT2D eigenvalue weighted by molar-refractivity contribution is 8.00. The van der Waals surface area contributed by atoms with Gasteiger partial charge >= 0.3 is 5.97 Å². The number of esters is 1. The predicted octanol–water partition coefficient (Wildman–Crippen LogP) is 2.65. The summed E-state index contributed by atoms with van der Waals surface area (Å²) in [5, 5.41) is 0.932. The van der Waals surface area contributed by atoms with Crippen LogP contribution in [0.25, 0.3) is 0 Å². The van der Waals surface area contributed by atoms with Crippen LogP contribution in [-0.4, -0.2) is 26.5 Å². The zero-order valence-electron chi connectivity index (χ0n) is 13.5. The van der Waals surface area contributed by atoms with Gasteiger partial charge in [0.15, 0.2) is 5.16 Å². The van der Waals surface area contributed by atoms with Gasteiger partial charge in [0.25, 0.3) is 5.56 Å². The zero-order valence-corrected chi connectivity index (χ0v) is 15.2. The van der Waals surface area contributed by atoms with Crippen molar-refractivity contribution in [2.45, 2.75) is 35.3 Å². The van der Waals surface area contributed by atoms with Crippen molar-refractivity contribution in [2.75, 3.05) is 5.75 Å². The van der Waals surface area contributed by atoms with Gasteiger partial charge in [0.1, 0.15) is 6.61 Å². The van der Waals surface area contributed by atoms with Crippen LogP contribution in [0.4, 0.5) is 0 Å². The molecule has 1 aliphatic rings. The van der Waals surface area contributed by atoms with Crippen LogP contribution in [0.5, 0.6) is 0 Å². The fourth-order valence-corrected chi connectivity index (χ4v) is 4.34. The molecule has 126 valence electrons. The molecule has 5 nitrogen and oxygen atoms in total. The van der Waals surface area contributed by atoms with Crippen LogP contribution in [-0.2, 0) is 29.6 Å². The van der Waals surface area contributed by atoms with E-state index in [1.165, 1.54) is 16.3 Å². The average molecular weight is 362 g/mol. The van der Waals surface area contributed by atoms with Crippen molar-refractivity contribution in [1.29, 1.82) is 0 Å². The Morgan fingerprint density at radius 1 is 1.42 bits per heavy atom. The first-order valence-corrected chi connectivity index (χ1v) is 9.50. The van der Waals surface area contributed by atoms with Crippen LogP contribution < -0.4 is 5.56 Å². The molecule has 1 aromatic carbocycles. The molecule has 7 heteroatoms. The molecule has 1 aliphatic heterocycles. The van der Waals surface area contributed by atoms with E-state index in [0.717, 1.165) is 22.6 Å². The minimum absolute atomic E-state index is 0.0329. The minimum atomic E-state index is -0.318. The van der Waals surface area contributed by atoms with E-state index in [0.29, 0.717) is 10.4 Å². The second kappa shape index (κ2) is 7.44. The van der Waals surface area contributed by atoms with Gasteiger partial charge in [0.2, 0.25) is 0 Å². The normalized spacial score (nSPS) is 16.0. The fraction of sp³-hybridized carbons (Fsp3) is 0.353. The lowest BCUT2D eigenvalue weighted by Crippen LogP contribution is -2.22. The van der Waals surface area contributed by atoms with Gasteiger partial charge in [-0.2, -0.15) is 0 Å². The van der Waals surface area contributed by atoms with E-state index in [2.05, 4.69) is 11.9 Å². The quantitative estimate of drug-likeness (QED) is 0.463. The van der Waals surface area contributed by atoms with E-state index in [1.807, 2.05) is 30.3 Å². The second-order valence-electron chi connectivity index (χ2n) is 5.60. The molecule has 0 bridgehead atoms. The average Bonchev–Trinajstić information content (AvgIpc) is 2.96. The molecule has 1 aromatic heterocycles. The molecule has 0 aliphatic carbocycles. The third-order valence-electron chi connectivity index (χ3n) is 3.64. The molecule has 0 spiro atoms. The molecule has 0 fully saturated rings. The van der Waals surface area contributed by atoms with Crippen molar-refractivity contribution in [3.8, 4) is 0 Å². The number of aromatic nitrogens is 2. The van der Waals surface area contributed by atoms with Gasteiger partial charge in [-0.05, 0) is 5.56 Å². The van der Waals surface area contributed by atoms with Crippen LogP contribution >= 0.6 is 23.5 Å². The highest BCUT2D eigenvalue weighted by Gasteiger charge is 2.25. The van der Waals surface area contributed by atoms with Crippen LogP contribution in [0.1, 0.15) is 18.2 Å². The van der Waals surface area contributed by atoms with Gasteiger partial charge in [-0.3, -0.25) is 14.2 Å². The maximum absolute atomic E-state index is 12.4. The monoisotopic (exact) mass is 362 g/mol. The lowest BCUT2D eigenvalue weighted by Gasteiger charge is -2.09. The summed E-state index contributed by atoms with van der Waals surface area (Å²) in [4.78, 5) is 29.6. The molecule has 1 atom stereocenters. The first-order chi connectivity index (χ1) is 11.5. The molecule has 24 heavy (non-hydrogen) atoms. The van der Waals surface area contributed by atoms with E-state index in [-0.39, 0.29) is 23.9 Å². The number of carbonyl (C=O) groups excluding carboxylic acids is 1. The number of nitrogens with zero attached hydrogens (tertiary/aromatic N) is 2. The Labute approximate surface area is 148 Å². The molecule has 0 amide bonds. The van der Waals surface area contributed by atoms with Crippen LogP contribution in [0.15, 0.2) is 45.2 Å². The summed E-state index contributed by atoms with van der Waals surface area (Å²) in [6.45, 7) is 2.34. The van der Waals surface area contributed by atoms with Crippen molar-refractivity contribution in [3.63, 3.8) is 0 Å². The van der Waals surface area contributed by atoms with Gasteiger partial charge in [0.05, 0.1) is 16.3 Å². The molecule has 0 radical (unpaired) electrons. The van der Waals surface area contributed by atoms with Gasteiger partial charge in [0, 0.05) is 18.7 Å². The van der Waals surface area contributed by atoms with Crippen molar-refractivity contribution in [2.24, 2.45) is 7.05 Å². The van der Waals surface area contributed by atoms with Crippen molar-refractivity contribution < 1.29 is 9.53 Å². The van der Waals surface area contributed by atoms with E-state index >= 15 is 0 Å². The van der Waals surface area contributed by atoms with Gasteiger partial charge < -0.3 is 4.74 Å². The third kappa shape index (κ3) is 3.84. The zero-order chi connectivity index (χ0) is 17.1. The number of fused-ring (bicyclic) bond motifs is 1. The molecular formula is C17H18N2O3S2. The molecule has 0 saturated heterocycles. The first kappa shape index (κ1) is 17.1. The predicted molar refractivity (Wildman–Crippen MR) is 95.5 cm³/mol. The third-order valence-corrected chi connectivity index (χ3v) is 5.86. The lowest BCUT2D eigenvalue weighted by atomic mass is 10.2. The highest BCUT2D eigenvalue weighted by atomic mass is 32.2. The van der Waals surface area contributed by atoms with E-state index < -0.39 is 0 Å². The first-order valence-electron chi connectivity index (χ1n) is 7.63. The molecule has 2 heterocycles. The van der Waals surface area contributed by atoms with Crippen LogP contribution in [0, 0.1) is 0 Å². The van der Waals surface area contributed by atoms with Gasteiger partial charge in [-0.15, -0.1) is 11.8 Å². The molecule has 0 N–H and O–H groups in total. The second-order valence-corrected chi connectivity index (χ2v) is 7.99. The fourth-order valence-electron chi connectivity index (χ4n) is 2.41. The molecule has 0 unspecified atom stereocenters. The largest absolute Gasteiger partial charge is 0.460 e. The number of ether oxygens (including phenoxy) is 1. The maximum Gasteiger partial charge on any atom is 0.316 e. The minimum Gasteiger partial charge on any atom is -0.460 e. The number of thioether (sulfide) groups is 2. The number of rotatable bonds is 5. The summed E-state index contributed by atoms with van der Waals surface area (Å²) in [7, 11) is 1.69. The van der Waals surface area contributed by atoms with E-state index in [4.69, 9.17) is 4.74 Å². The van der Waals surface area contributed by atoms with Crippen molar-refractivity contribution in [3.05, 3.63) is 51.9 Å². The van der Waals surface area contributed by atoms with Crippen molar-refractivity contribution in [1.82, 2.24) is 9.55 Å². The standard InChI is InChI=1S/C17H18N2O3S2/c1-11-8-13-15(24-11)16(21)19(2)17(18-13)23-10-14(20)22-9-12-6-4-3-5-7-12/h3-7,11H,8-10H2,1-2H3/t11-/m1/s1. The summed E-state index contributed by atoms with van der Waals surface area (Å²) in [5.41, 5.74) is 1.76. The van der Waals surface area contributed by atoms with Crippen molar-refractivity contribution >= 4 is 29.5 Å². The number of carbonyl (C=O) groups is 1. The number of benzene rings is 1. The summed E-state index contributed by atoms with van der Waals surface area (Å²) in [6.07, 6.45) is 0.794. The highest BCUT2D eigenvalue weighted by Crippen LogP contribution is 2.33. The van der Waals surface area contributed by atoms with Crippen LogP contribution in [0.2, 0.25) is 0 Å². The number of hydrogen-bond donors (Lipinski definition) is 0. The molecule has 3 rings (SSSR count). The van der Waals surface area contributed by atoms with Gasteiger partial charge in [-0.25, -0.2) is 4.98 Å². The number of hydrogen-bond acceptors (Lipinski definition) is 6. The lowest BCUT2D eigenvalue weighted by molar-refractivity contribution is -0.141. The smallest absolute Gasteiger partial charge is 0.316 e. The Kier molecular flexibility index (Phi) is 5.30. The Hall–Kier alpha value is -1.73. The Balaban J connectivity index is 1.61. The Morgan fingerprint density at radius 3 is 2.92 bits per heavy atom. The summed E-state index contributed by atoms with van der Waals surface area (Å²) in [5.74, 6) is -0.185. The Morgan fingerprint density at radius 2 is 2.17 bits per heavy atom. The summed E-state index contributed by atoms with van der Waals surface area (Å²) < 4.78 is 6.76. The SMILES string of the molecule is C[C@@H]1Cc2nc(SCC(=O)OCc3ccccc3)n(C)c(=O)c2S1. The Bertz CT molecular complexity index is 805. The molecule has 0 saturated carbocycles. The van der Waals surface area contributed by atoms with E-state index in [9.17, 15) is 9.59 Å². The molecular weight excluding hydrogens is 344 g/mol.